The maximum atomic E-state index is 12.7. The molecule has 6 nitrogen and oxygen atoms in total. The first-order chi connectivity index (χ1) is 14.9. The van der Waals surface area contributed by atoms with Gasteiger partial charge in [-0.05, 0) is 77.7 Å². The Bertz CT molecular complexity index is 1170. The summed E-state index contributed by atoms with van der Waals surface area (Å²) in [6, 6.07) is 16.3. The molecule has 1 heterocycles. The molecule has 3 rings (SSSR count). The number of anilines is 2. The molecule has 156 valence electrons. The highest BCUT2D eigenvalue weighted by molar-refractivity contribution is 9.10. The number of aromatic nitrogens is 1. The second kappa shape index (κ2) is 10.0. The first kappa shape index (κ1) is 22.2. The summed E-state index contributed by atoms with van der Waals surface area (Å²) in [7, 11) is 0. The minimum atomic E-state index is -0.291. The van der Waals surface area contributed by atoms with Crippen LogP contribution in [0.3, 0.4) is 0 Å². The number of carbonyl (C=O) groups excluding carboxylic acids is 2. The van der Waals surface area contributed by atoms with Crippen LogP contribution in [-0.4, -0.2) is 16.8 Å². The zero-order valence-electron chi connectivity index (χ0n) is 17.1. The Hall–Kier alpha value is -3.50. The number of rotatable bonds is 6. The number of pyridine rings is 1. The van der Waals surface area contributed by atoms with Gasteiger partial charge in [-0.15, -0.1) is 0 Å². The zero-order valence-corrected chi connectivity index (χ0v) is 18.7. The topological polar surface area (TPSA) is 94.9 Å². The SMILES string of the molecule is Cc1ccc(NC(=O)c2cccc(CC(C)C#N)c2)cc1C(=O)Nc1cncc(Br)c1. The summed E-state index contributed by atoms with van der Waals surface area (Å²) in [6.45, 7) is 3.68. The van der Waals surface area contributed by atoms with Gasteiger partial charge in [0.15, 0.2) is 0 Å². The molecule has 2 amide bonds. The maximum absolute atomic E-state index is 12.7. The number of halogens is 1. The van der Waals surface area contributed by atoms with Crippen LogP contribution in [0.2, 0.25) is 0 Å². The molecular formula is C24H21BrN4O2. The molecule has 3 aromatic rings. The second-order valence-electron chi connectivity index (χ2n) is 7.26. The molecule has 1 atom stereocenters. The number of nitriles is 1. The van der Waals surface area contributed by atoms with Gasteiger partial charge in [-0.1, -0.05) is 18.2 Å². The number of amides is 2. The van der Waals surface area contributed by atoms with Crippen LogP contribution in [0.15, 0.2) is 65.4 Å². The zero-order chi connectivity index (χ0) is 22.4. The Morgan fingerprint density at radius 1 is 1.06 bits per heavy atom. The van der Waals surface area contributed by atoms with Crippen molar-refractivity contribution < 1.29 is 9.59 Å². The molecule has 7 heteroatoms. The summed E-state index contributed by atoms with van der Waals surface area (Å²) in [4.78, 5) is 29.5. The van der Waals surface area contributed by atoms with Crippen LogP contribution >= 0.6 is 15.9 Å². The van der Waals surface area contributed by atoms with Crippen LogP contribution in [-0.2, 0) is 6.42 Å². The predicted molar refractivity (Wildman–Crippen MR) is 124 cm³/mol. The summed E-state index contributed by atoms with van der Waals surface area (Å²) < 4.78 is 0.759. The molecule has 0 bridgehead atoms. The van der Waals surface area contributed by atoms with Gasteiger partial charge < -0.3 is 10.6 Å². The van der Waals surface area contributed by atoms with Gasteiger partial charge in [0.05, 0.1) is 18.0 Å². The van der Waals surface area contributed by atoms with Crippen LogP contribution in [0.4, 0.5) is 11.4 Å². The standard InChI is InChI=1S/C24H21BrN4O2/c1-15(12-26)8-17-4-3-5-18(9-17)23(30)28-20-7-6-16(2)22(11-20)24(31)29-21-10-19(25)13-27-14-21/h3-7,9-11,13-15H,8H2,1-2H3,(H,28,30)(H,29,31). The molecule has 0 radical (unpaired) electrons. The van der Waals surface area contributed by atoms with Crippen molar-refractivity contribution >= 4 is 39.1 Å². The van der Waals surface area contributed by atoms with E-state index in [0.29, 0.717) is 28.9 Å². The molecule has 2 aromatic carbocycles. The largest absolute Gasteiger partial charge is 0.322 e. The lowest BCUT2D eigenvalue weighted by Crippen LogP contribution is -2.16. The van der Waals surface area contributed by atoms with Gasteiger partial charge in [-0.2, -0.15) is 5.26 Å². The number of nitrogens with zero attached hydrogens (tertiary/aromatic N) is 2. The quantitative estimate of drug-likeness (QED) is 0.500. The average molecular weight is 477 g/mol. The number of nitrogens with one attached hydrogen (secondary N) is 2. The van der Waals surface area contributed by atoms with Gasteiger partial charge in [-0.3, -0.25) is 14.6 Å². The van der Waals surface area contributed by atoms with Crippen molar-refractivity contribution in [2.45, 2.75) is 20.3 Å². The van der Waals surface area contributed by atoms with E-state index in [2.05, 4.69) is 37.6 Å². The third kappa shape index (κ3) is 6.00. The van der Waals surface area contributed by atoms with Crippen LogP contribution in [0, 0.1) is 24.2 Å². The lowest BCUT2D eigenvalue weighted by Gasteiger charge is -2.12. The van der Waals surface area contributed by atoms with E-state index in [4.69, 9.17) is 5.26 Å². The fourth-order valence-corrected chi connectivity index (χ4v) is 3.43. The number of benzene rings is 2. The van der Waals surface area contributed by atoms with Crippen molar-refractivity contribution in [2.24, 2.45) is 5.92 Å². The van der Waals surface area contributed by atoms with Gasteiger partial charge >= 0.3 is 0 Å². The number of carbonyl (C=O) groups is 2. The van der Waals surface area contributed by atoms with E-state index in [1.165, 1.54) is 0 Å². The monoisotopic (exact) mass is 476 g/mol. The van der Waals surface area contributed by atoms with Crippen LogP contribution in [0.5, 0.6) is 0 Å². The molecule has 2 N–H and O–H groups in total. The first-order valence-corrected chi connectivity index (χ1v) is 10.5. The first-order valence-electron chi connectivity index (χ1n) is 9.68. The molecule has 0 spiro atoms. The summed E-state index contributed by atoms with van der Waals surface area (Å²) in [5.41, 5.74) is 3.74. The molecule has 0 fully saturated rings. The van der Waals surface area contributed by atoms with Gasteiger partial charge in [0.2, 0.25) is 0 Å². The van der Waals surface area contributed by atoms with Gasteiger partial charge in [0.25, 0.3) is 11.8 Å². The fraction of sp³-hybridized carbons (Fsp3) is 0.167. The molecule has 1 unspecified atom stereocenters. The van der Waals surface area contributed by atoms with E-state index >= 15 is 0 Å². The highest BCUT2D eigenvalue weighted by atomic mass is 79.9. The van der Waals surface area contributed by atoms with Crippen molar-refractivity contribution in [3.05, 3.63) is 87.7 Å². The van der Waals surface area contributed by atoms with E-state index < -0.39 is 0 Å². The molecule has 0 saturated heterocycles. The Labute approximate surface area is 189 Å². The number of hydrogen-bond acceptors (Lipinski definition) is 4. The minimum Gasteiger partial charge on any atom is -0.322 e. The third-order valence-corrected chi connectivity index (χ3v) is 5.09. The minimum absolute atomic E-state index is 0.128. The smallest absolute Gasteiger partial charge is 0.256 e. The summed E-state index contributed by atoms with van der Waals surface area (Å²) >= 11 is 3.33. The highest BCUT2D eigenvalue weighted by Gasteiger charge is 2.13. The molecule has 0 aliphatic heterocycles. The summed E-state index contributed by atoms with van der Waals surface area (Å²) in [5.74, 6) is -0.698. The predicted octanol–water partition coefficient (Wildman–Crippen LogP) is 5.36. The van der Waals surface area contributed by atoms with Crippen molar-refractivity contribution in [3.8, 4) is 6.07 Å². The molecule has 0 aliphatic rings. The maximum Gasteiger partial charge on any atom is 0.256 e. The Morgan fingerprint density at radius 2 is 1.84 bits per heavy atom. The van der Waals surface area contributed by atoms with Crippen molar-refractivity contribution in [1.82, 2.24) is 4.98 Å². The highest BCUT2D eigenvalue weighted by Crippen LogP contribution is 2.20. The summed E-state index contributed by atoms with van der Waals surface area (Å²) in [6.07, 6.45) is 3.77. The second-order valence-corrected chi connectivity index (χ2v) is 8.18. The van der Waals surface area contributed by atoms with Crippen molar-refractivity contribution in [3.63, 3.8) is 0 Å². The number of hydrogen-bond donors (Lipinski definition) is 2. The van der Waals surface area contributed by atoms with Crippen LogP contribution in [0.25, 0.3) is 0 Å². The number of aryl methyl sites for hydroxylation is 1. The van der Waals surface area contributed by atoms with E-state index in [0.717, 1.165) is 15.6 Å². The van der Waals surface area contributed by atoms with E-state index in [1.807, 2.05) is 19.9 Å². The Balaban J connectivity index is 1.76. The van der Waals surface area contributed by atoms with Crippen molar-refractivity contribution in [1.29, 1.82) is 5.26 Å². The van der Waals surface area contributed by atoms with Gasteiger partial charge in [-0.25, -0.2) is 0 Å². The van der Waals surface area contributed by atoms with E-state index in [9.17, 15) is 9.59 Å². The van der Waals surface area contributed by atoms with Crippen molar-refractivity contribution in [2.75, 3.05) is 10.6 Å². The Morgan fingerprint density at radius 3 is 2.58 bits per heavy atom. The van der Waals surface area contributed by atoms with Crippen LogP contribution < -0.4 is 10.6 Å². The molecule has 0 saturated carbocycles. The van der Waals surface area contributed by atoms with Crippen LogP contribution in [0.1, 0.15) is 38.8 Å². The van der Waals surface area contributed by atoms with E-state index in [1.54, 1.807) is 54.9 Å². The molecule has 0 aliphatic carbocycles. The molecule has 1 aromatic heterocycles. The lowest BCUT2D eigenvalue weighted by molar-refractivity contribution is 0.101. The van der Waals surface area contributed by atoms with E-state index in [-0.39, 0.29) is 17.7 Å². The average Bonchev–Trinajstić information content (AvgIpc) is 2.75. The third-order valence-electron chi connectivity index (χ3n) is 4.65. The van der Waals surface area contributed by atoms with Gasteiger partial charge in [0.1, 0.15) is 0 Å². The normalized spacial score (nSPS) is 11.3. The Kier molecular flexibility index (Phi) is 7.16. The van der Waals surface area contributed by atoms with Gasteiger partial charge in [0, 0.05) is 33.4 Å². The summed E-state index contributed by atoms with van der Waals surface area (Å²) in [5, 5.41) is 14.7. The lowest BCUT2D eigenvalue weighted by atomic mass is 10.0. The fourth-order valence-electron chi connectivity index (χ4n) is 3.07. The molecular weight excluding hydrogens is 456 g/mol. The molecule has 31 heavy (non-hydrogen) atoms.